The van der Waals surface area contributed by atoms with E-state index in [-0.39, 0.29) is 36.4 Å². The molecule has 0 unspecified atom stereocenters. The van der Waals surface area contributed by atoms with Crippen LogP contribution in [-0.4, -0.2) is 106 Å². The van der Waals surface area contributed by atoms with Gasteiger partial charge in [-0.15, -0.1) is 24.0 Å². The van der Waals surface area contributed by atoms with Crippen LogP contribution in [0.25, 0.3) is 0 Å². The molecular weight excluding hydrogens is 503 g/mol. The monoisotopic (exact) mass is 542 g/mol. The molecule has 30 heavy (non-hydrogen) atoms. The van der Waals surface area contributed by atoms with Crippen molar-refractivity contribution in [3.63, 3.8) is 0 Å². The normalized spacial score (nSPS) is 15.0. The van der Waals surface area contributed by atoms with E-state index in [9.17, 15) is 9.59 Å². The number of hydrogen-bond acceptors (Lipinski definition) is 6. The second-order valence-corrected chi connectivity index (χ2v) is 8.04. The lowest BCUT2D eigenvalue weighted by atomic mass is 10.2. The third-order valence-electron chi connectivity index (χ3n) is 4.00. The number of halogens is 1. The molecule has 1 fully saturated rings. The summed E-state index contributed by atoms with van der Waals surface area (Å²) >= 11 is 0. The number of morpholine rings is 1. The number of guanidine groups is 1. The molecule has 2 amide bonds. The van der Waals surface area contributed by atoms with Gasteiger partial charge in [-0.3, -0.25) is 9.69 Å². The van der Waals surface area contributed by atoms with Crippen LogP contribution >= 0.6 is 24.0 Å². The fraction of sp³-hybridized carbons (Fsp3) is 0.842. The van der Waals surface area contributed by atoms with Crippen molar-refractivity contribution in [1.29, 1.82) is 0 Å². The summed E-state index contributed by atoms with van der Waals surface area (Å²) in [4.78, 5) is 31.7. The molecule has 176 valence electrons. The molecule has 1 saturated heterocycles. The van der Waals surface area contributed by atoms with E-state index in [1.54, 1.807) is 14.1 Å². The van der Waals surface area contributed by atoms with Gasteiger partial charge in [0.25, 0.3) is 0 Å². The van der Waals surface area contributed by atoms with E-state index in [1.165, 1.54) is 4.90 Å². The van der Waals surface area contributed by atoms with Crippen molar-refractivity contribution in [3.8, 4) is 0 Å². The first-order valence-corrected chi connectivity index (χ1v) is 10.2. The molecule has 0 aromatic heterocycles. The van der Waals surface area contributed by atoms with Crippen LogP contribution in [0.15, 0.2) is 4.99 Å². The molecule has 0 aromatic rings. The first-order chi connectivity index (χ1) is 13.7. The smallest absolute Gasteiger partial charge is 0.407 e. The predicted octanol–water partition coefficient (Wildman–Crippen LogP) is 0.475. The van der Waals surface area contributed by atoms with Crippen LogP contribution in [0.5, 0.6) is 0 Å². The molecule has 11 heteroatoms. The van der Waals surface area contributed by atoms with E-state index < -0.39 is 11.7 Å². The Balaban J connectivity index is 0.00000841. The molecule has 0 spiro atoms. The Morgan fingerprint density at radius 2 is 1.67 bits per heavy atom. The topological polar surface area (TPSA) is 108 Å². The number of ether oxygens (including phenoxy) is 2. The minimum absolute atomic E-state index is 0. The minimum atomic E-state index is -0.529. The Morgan fingerprint density at radius 3 is 2.27 bits per heavy atom. The van der Waals surface area contributed by atoms with Crippen molar-refractivity contribution in [2.75, 3.05) is 73.1 Å². The second-order valence-electron chi connectivity index (χ2n) is 8.04. The van der Waals surface area contributed by atoms with Gasteiger partial charge in [-0.1, -0.05) is 0 Å². The third kappa shape index (κ3) is 14.6. The Morgan fingerprint density at radius 1 is 1.07 bits per heavy atom. The minimum Gasteiger partial charge on any atom is -0.444 e. The van der Waals surface area contributed by atoms with Crippen molar-refractivity contribution in [2.45, 2.75) is 32.8 Å². The number of amides is 2. The maximum Gasteiger partial charge on any atom is 0.407 e. The van der Waals surface area contributed by atoms with Gasteiger partial charge < -0.3 is 30.3 Å². The van der Waals surface area contributed by atoms with Gasteiger partial charge in [0.1, 0.15) is 12.1 Å². The van der Waals surface area contributed by atoms with Crippen LogP contribution in [0.1, 0.15) is 27.2 Å². The van der Waals surface area contributed by atoms with Gasteiger partial charge in [-0.05, 0) is 33.7 Å². The second kappa shape index (κ2) is 15.5. The SMILES string of the molecule is CN(C)C(=O)CN=C(NCCCN1CCOCC1)NCCNC(=O)OC(C)(C)C.I. The van der Waals surface area contributed by atoms with Crippen molar-refractivity contribution in [2.24, 2.45) is 4.99 Å². The van der Waals surface area contributed by atoms with Crippen molar-refractivity contribution >= 4 is 41.9 Å². The lowest BCUT2D eigenvalue weighted by Crippen LogP contribution is -2.44. The summed E-state index contributed by atoms with van der Waals surface area (Å²) in [5.74, 6) is 0.472. The van der Waals surface area contributed by atoms with E-state index in [0.717, 1.165) is 45.8 Å². The average Bonchev–Trinajstić information content (AvgIpc) is 2.64. The standard InChI is InChI=1S/C19H38N6O4.HI/c1-19(2,3)29-18(27)22-9-8-21-17(23-15-16(26)24(4)5)20-7-6-10-25-11-13-28-14-12-25;/h6-15H2,1-5H3,(H,22,27)(H2,20,21,23);1H. The molecule has 0 aliphatic carbocycles. The first-order valence-electron chi connectivity index (χ1n) is 10.2. The summed E-state index contributed by atoms with van der Waals surface area (Å²) in [6, 6.07) is 0. The Kier molecular flexibility index (Phi) is 14.8. The van der Waals surface area contributed by atoms with Crippen LogP contribution in [0.4, 0.5) is 4.79 Å². The summed E-state index contributed by atoms with van der Waals surface area (Å²) in [5.41, 5.74) is -0.529. The van der Waals surface area contributed by atoms with Crippen LogP contribution in [0, 0.1) is 0 Å². The molecular formula is C19H39IN6O4. The lowest BCUT2D eigenvalue weighted by Gasteiger charge is -2.26. The maximum absolute atomic E-state index is 11.8. The van der Waals surface area contributed by atoms with Gasteiger partial charge in [-0.25, -0.2) is 9.79 Å². The number of likely N-dealkylation sites (N-methyl/N-ethyl adjacent to an activating group) is 1. The Bertz CT molecular complexity index is 534. The number of nitrogens with one attached hydrogen (secondary N) is 3. The molecule has 0 saturated carbocycles. The van der Waals surface area contributed by atoms with Crippen molar-refractivity contribution in [3.05, 3.63) is 0 Å². The molecule has 0 aromatic carbocycles. The van der Waals surface area contributed by atoms with Gasteiger partial charge in [0.2, 0.25) is 5.91 Å². The van der Waals surface area contributed by atoms with E-state index in [2.05, 4.69) is 25.8 Å². The number of hydrogen-bond donors (Lipinski definition) is 3. The fourth-order valence-electron chi connectivity index (χ4n) is 2.46. The number of carbonyl (C=O) groups is 2. The zero-order valence-corrected chi connectivity index (χ0v) is 21.3. The Labute approximate surface area is 197 Å². The average molecular weight is 542 g/mol. The van der Waals surface area contributed by atoms with Crippen LogP contribution in [0.3, 0.4) is 0 Å². The van der Waals surface area contributed by atoms with Crippen LogP contribution in [-0.2, 0) is 14.3 Å². The van der Waals surface area contributed by atoms with Crippen LogP contribution in [0.2, 0.25) is 0 Å². The molecule has 1 heterocycles. The summed E-state index contributed by atoms with van der Waals surface area (Å²) in [7, 11) is 3.40. The molecule has 3 N–H and O–H groups in total. The van der Waals surface area contributed by atoms with Crippen LogP contribution < -0.4 is 16.0 Å². The molecule has 0 radical (unpaired) electrons. The van der Waals surface area contributed by atoms with E-state index in [4.69, 9.17) is 9.47 Å². The highest BCUT2D eigenvalue weighted by Crippen LogP contribution is 2.06. The van der Waals surface area contributed by atoms with Gasteiger partial charge in [-0.2, -0.15) is 0 Å². The fourth-order valence-corrected chi connectivity index (χ4v) is 2.46. The number of alkyl carbamates (subject to hydrolysis) is 1. The van der Waals surface area contributed by atoms with Gasteiger partial charge in [0.05, 0.1) is 13.2 Å². The number of aliphatic imine (C=N–C) groups is 1. The highest BCUT2D eigenvalue weighted by molar-refractivity contribution is 14.0. The molecule has 10 nitrogen and oxygen atoms in total. The Hall–Kier alpha value is -1.34. The number of nitrogens with zero attached hydrogens (tertiary/aromatic N) is 3. The zero-order chi connectivity index (χ0) is 21.7. The third-order valence-corrected chi connectivity index (χ3v) is 4.00. The highest BCUT2D eigenvalue weighted by atomic mass is 127. The van der Waals surface area contributed by atoms with E-state index in [1.807, 2.05) is 20.8 Å². The van der Waals surface area contributed by atoms with Gasteiger partial charge in [0, 0.05) is 46.8 Å². The first kappa shape index (κ1) is 28.7. The quantitative estimate of drug-likeness (QED) is 0.168. The highest BCUT2D eigenvalue weighted by Gasteiger charge is 2.15. The molecule has 1 aliphatic rings. The number of rotatable bonds is 9. The molecule has 1 aliphatic heterocycles. The molecule has 0 atom stereocenters. The van der Waals surface area contributed by atoms with Crippen molar-refractivity contribution < 1.29 is 19.1 Å². The largest absolute Gasteiger partial charge is 0.444 e. The van der Waals surface area contributed by atoms with Crippen molar-refractivity contribution in [1.82, 2.24) is 25.8 Å². The predicted molar refractivity (Wildman–Crippen MR) is 129 cm³/mol. The zero-order valence-electron chi connectivity index (χ0n) is 19.0. The molecule has 1 rings (SSSR count). The van der Waals surface area contributed by atoms with E-state index >= 15 is 0 Å². The van der Waals surface area contributed by atoms with Gasteiger partial charge in [0.15, 0.2) is 5.96 Å². The summed E-state index contributed by atoms with van der Waals surface area (Å²) in [6.45, 7) is 11.6. The maximum atomic E-state index is 11.8. The summed E-state index contributed by atoms with van der Waals surface area (Å²) in [5, 5.41) is 9.07. The number of carbonyl (C=O) groups excluding carboxylic acids is 2. The molecule has 0 bridgehead atoms. The summed E-state index contributed by atoms with van der Waals surface area (Å²) < 4.78 is 10.6. The van der Waals surface area contributed by atoms with E-state index in [0.29, 0.717) is 19.0 Å². The van der Waals surface area contributed by atoms with Gasteiger partial charge >= 0.3 is 6.09 Å². The summed E-state index contributed by atoms with van der Waals surface area (Å²) in [6.07, 6.45) is 0.498. The lowest BCUT2D eigenvalue weighted by molar-refractivity contribution is -0.127.